The van der Waals surface area contributed by atoms with Crippen LogP contribution in [0.5, 0.6) is 5.75 Å². The molecule has 3 rings (SSSR count). The minimum atomic E-state index is -1.15. The van der Waals surface area contributed by atoms with Crippen molar-refractivity contribution in [2.75, 3.05) is 20.2 Å². The van der Waals surface area contributed by atoms with Crippen LogP contribution in [0.4, 0.5) is 0 Å². The summed E-state index contributed by atoms with van der Waals surface area (Å²) < 4.78 is 6.63. The van der Waals surface area contributed by atoms with Gasteiger partial charge < -0.3 is 14.7 Å². The van der Waals surface area contributed by atoms with Crippen LogP contribution in [0.25, 0.3) is 0 Å². The number of hydrogen-bond acceptors (Lipinski definition) is 4. The average Bonchev–Trinajstić information content (AvgIpc) is 2.90. The number of carboxylic acids is 1. The van der Waals surface area contributed by atoms with Gasteiger partial charge in [-0.05, 0) is 35.6 Å². The molecule has 0 radical (unpaired) electrons. The Kier molecular flexibility index (Phi) is 4.48. The van der Waals surface area contributed by atoms with Crippen LogP contribution in [0.3, 0.4) is 0 Å². The Morgan fingerprint density at radius 2 is 2.12 bits per heavy atom. The maximum absolute atomic E-state index is 13.0. The van der Waals surface area contributed by atoms with Crippen LogP contribution in [0, 0.1) is 0 Å². The van der Waals surface area contributed by atoms with Crippen molar-refractivity contribution in [3.63, 3.8) is 0 Å². The number of rotatable bonds is 3. The third kappa shape index (κ3) is 3.09. The molecule has 2 aromatic rings. The van der Waals surface area contributed by atoms with Gasteiger partial charge in [-0.15, -0.1) is 0 Å². The Morgan fingerprint density at radius 1 is 1.36 bits per heavy atom. The summed E-state index contributed by atoms with van der Waals surface area (Å²) in [6.07, 6.45) is 1.94. The molecule has 1 unspecified atom stereocenters. The molecule has 0 fully saturated rings. The van der Waals surface area contributed by atoms with E-state index in [1.54, 1.807) is 19.1 Å². The number of aromatic carboxylic acids is 1. The van der Waals surface area contributed by atoms with E-state index < -0.39 is 5.97 Å². The van der Waals surface area contributed by atoms with Gasteiger partial charge in [-0.25, -0.2) is 4.79 Å². The van der Waals surface area contributed by atoms with Gasteiger partial charge in [0.15, 0.2) is 0 Å². The quantitative estimate of drug-likeness (QED) is 0.920. The number of fused-ring (bicyclic) bond motifs is 1. The molecule has 7 nitrogen and oxygen atoms in total. The van der Waals surface area contributed by atoms with Crippen LogP contribution >= 0.6 is 0 Å². The zero-order valence-corrected chi connectivity index (χ0v) is 14.5. The molecular formula is C18H21N3O4. The molecule has 1 aromatic carbocycles. The van der Waals surface area contributed by atoms with E-state index in [4.69, 9.17) is 4.74 Å². The number of carboxylic acid groups (broad SMARTS) is 1. The number of benzene rings is 1. The van der Waals surface area contributed by atoms with E-state index in [-0.39, 0.29) is 23.1 Å². The van der Waals surface area contributed by atoms with Crippen molar-refractivity contribution in [1.29, 1.82) is 0 Å². The van der Waals surface area contributed by atoms with Gasteiger partial charge in [-0.1, -0.05) is 13.0 Å². The minimum absolute atomic E-state index is 0.0661. The van der Waals surface area contributed by atoms with E-state index in [2.05, 4.69) is 12.0 Å². The van der Waals surface area contributed by atoms with Gasteiger partial charge in [0.05, 0.1) is 13.3 Å². The fraction of sp³-hybridized carbons (Fsp3) is 0.389. The molecule has 1 amide bonds. The van der Waals surface area contributed by atoms with E-state index in [9.17, 15) is 14.7 Å². The van der Waals surface area contributed by atoms with Gasteiger partial charge in [0.1, 0.15) is 17.0 Å². The topological polar surface area (TPSA) is 84.7 Å². The van der Waals surface area contributed by atoms with Crippen molar-refractivity contribution < 1.29 is 19.4 Å². The summed E-state index contributed by atoms with van der Waals surface area (Å²) in [5.74, 6) is -0.528. The van der Waals surface area contributed by atoms with Crippen molar-refractivity contribution in [3.05, 3.63) is 46.8 Å². The lowest BCUT2D eigenvalue weighted by Crippen LogP contribution is -2.36. The van der Waals surface area contributed by atoms with Gasteiger partial charge in [-0.2, -0.15) is 5.10 Å². The fourth-order valence-corrected chi connectivity index (χ4v) is 3.34. The summed E-state index contributed by atoms with van der Waals surface area (Å²) in [5.41, 5.74) is 2.40. The molecule has 25 heavy (non-hydrogen) atoms. The smallest absolute Gasteiger partial charge is 0.339 e. The summed E-state index contributed by atoms with van der Waals surface area (Å²) in [4.78, 5) is 26.0. The maximum atomic E-state index is 13.0. The zero-order valence-electron chi connectivity index (χ0n) is 14.5. The molecule has 1 aromatic heterocycles. The molecule has 1 aliphatic rings. The molecule has 1 atom stereocenters. The second-order valence-electron chi connectivity index (χ2n) is 6.30. The van der Waals surface area contributed by atoms with Gasteiger partial charge in [0.2, 0.25) is 0 Å². The normalized spacial score (nSPS) is 16.9. The van der Waals surface area contributed by atoms with Gasteiger partial charge in [0.25, 0.3) is 5.91 Å². The second-order valence-corrected chi connectivity index (χ2v) is 6.30. The first-order chi connectivity index (χ1) is 11.9. The molecule has 7 heteroatoms. The molecular weight excluding hydrogens is 322 g/mol. The van der Waals surface area contributed by atoms with Crippen molar-refractivity contribution in [2.24, 2.45) is 7.05 Å². The van der Waals surface area contributed by atoms with Crippen LogP contribution in [0.15, 0.2) is 24.4 Å². The summed E-state index contributed by atoms with van der Waals surface area (Å²) in [6.45, 7) is 3.11. The number of methoxy groups -OCH3 is 1. The largest absolute Gasteiger partial charge is 0.497 e. The Labute approximate surface area is 145 Å². The number of carbonyl (C=O) groups is 2. The highest BCUT2D eigenvalue weighted by Crippen LogP contribution is 2.29. The monoisotopic (exact) mass is 343 g/mol. The second kappa shape index (κ2) is 6.58. The maximum Gasteiger partial charge on any atom is 0.339 e. The summed E-state index contributed by atoms with van der Waals surface area (Å²) in [5, 5.41) is 13.2. The molecule has 132 valence electrons. The standard InChI is InChI=1S/C18H21N3O4/c1-11-10-21(7-6-12-4-5-13(25-3)8-14(11)12)17(22)16-15(18(23)24)9-19-20(16)2/h4-5,8-9,11H,6-7,10H2,1-3H3,(H,23,24). The number of aromatic nitrogens is 2. The fourth-order valence-electron chi connectivity index (χ4n) is 3.34. The Bertz CT molecular complexity index is 828. The predicted molar refractivity (Wildman–Crippen MR) is 91.2 cm³/mol. The Hall–Kier alpha value is -2.83. The van der Waals surface area contributed by atoms with Crippen molar-refractivity contribution in [3.8, 4) is 5.75 Å². The van der Waals surface area contributed by atoms with Crippen LogP contribution in [-0.2, 0) is 13.5 Å². The molecule has 1 aliphatic heterocycles. The molecule has 0 aliphatic carbocycles. The first-order valence-corrected chi connectivity index (χ1v) is 8.13. The van der Waals surface area contributed by atoms with Gasteiger partial charge in [-0.3, -0.25) is 9.48 Å². The molecule has 0 saturated heterocycles. The van der Waals surface area contributed by atoms with Crippen molar-refractivity contribution >= 4 is 11.9 Å². The van der Waals surface area contributed by atoms with Crippen molar-refractivity contribution in [2.45, 2.75) is 19.3 Å². The molecule has 0 spiro atoms. The Morgan fingerprint density at radius 3 is 2.80 bits per heavy atom. The highest BCUT2D eigenvalue weighted by atomic mass is 16.5. The van der Waals surface area contributed by atoms with E-state index in [1.165, 1.54) is 16.4 Å². The molecule has 1 N–H and O–H groups in total. The molecule has 2 heterocycles. The number of hydrogen-bond donors (Lipinski definition) is 1. The van der Waals surface area contributed by atoms with Crippen LogP contribution < -0.4 is 4.74 Å². The molecule has 0 saturated carbocycles. The number of ether oxygens (including phenoxy) is 1. The van der Waals surface area contributed by atoms with E-state index in [0.717, 1.165) is 17.7 Å². The Balaban J connectivity index is 1.90. The predicted octanol–water partition coefficient (Wildman–Crippen LogP) is 1.93. The minimum Gasteiger partial charge on any atom is -0.497 e. The number of amides is 1. The van der Waals surface area contributed by atoms with Gasteiger partial charge >= 0.3 is 5.97 Å². The summed E-state index contributed by atoms with van der Waals surface area (Å²) >= 11 is 0. The number of nitrogens with zero attached hydrogens (tertiary/aromatic N) is 3. The van der Waals surface area contributed by atoms with Gasteiger partial charge in [0, 0.05) is 20.1 Å². The highest BCUT2D eigenvalue weighted by molar-refractivity contribution is 6.03. The average molecular weight is 343 g/mol. The third-order valence-electron chi connectivity index (χ3n) is 4.69. The lowest BCUT2D eigenvalue weighted by molar-refractivity contribution is 0.0671. The number of aryl methyl sites for hydroxylation is 1. The highest BCUT2D eigenvalue weighted by Gasteiger charge is 2.29. The van der Waals surface area contributed by atoms with E-state index in [0.29, 0.717) is 13.1 Å². The lowest BCUT2D eigenvalue weighted by atomic mass is 9.95. The van der Waals surface area contributed by atoms with Crippen LogP contribution in [-0.4, -0.2) is 51.9 Å². The zero-order chi connectivity index (χ0) is 18.1. The first-order valence-electron chi connectivity index (χ1n) is 8.13. The summed E-state index contributed by atoms with van der Waals surface area (Å²) in [7, 11) is 3.22. The van der Waals surface area contributed by atoms with E-state index >= 15 is 0 Å². The molecule has 0 bridgehead atoms. The van der Waals surface area contributed by atoms with Crippen LogP contribution in [0.1, 0.15) is 44.8 Å². The van der Waals surface area contributed by atoms with E-state index in [1.807, 2.05) is 18.2 Å². The lowest BCUT2D eigenvalue weighted by Gasteiger charge is -2.23. The number of carbonyl (C=O) groups excluding carboxylic acids is 1. The SMILES string of the molecule is COc1ccc2c(c1)C(C)CN(C(=O)c1c(C(=O)O)cnn1C)CC2. The third-order valence-corrected chi connectivity index (χ3v) is 4.69. The summed E-state index contributed by atoms with van der Waals surface area (Å²) in [6, 6.07) is 5.97. The van der Waals surface area contributed by atoms with Crippen molar-refractivity contribution in [1.82, 2.24) is 14.7 Å². The first kappa shape index (κ1) is 17.0. The van der Waals surface area contributed by atoms with Crippen LogP contribution in [0.2, 0.25) is 0 Å².